The van der Waals surface area contributed by atoms with E-state index < -0.39 is 12.0 Å². The Bertz CT molecular complexity index is 1320. The number of carbonyl (C=O) groups excluding carboxylic acids is 1. The first-order valence-electron chi connectivity index (χ1n) is 9.09. The number of benzene rings is 1. The summed E-state index contributed by atoms with van der Waals surface area (Å²) in [6.07, 6.45) is 1.67. The summed E-state index contributed by atoms with van der Waals surface area (Å²) >= 11 is 15.3. The number of hydrogen-bond acceptors (Lipinski definition) is 6. The fourth-order valence-electron chi connectivity index (χ4n) is 3.29. The molecular formula is C21H16Cl2N2O3S2. The molecule has 3 heterocycles. The number of aromatic nitrogens is 1. The van der Waals surface area contributed by atoms with Crippen LogP contribution >= 0.6 is 45.9 Å². The number of thiophene rings is 1. The molecule has 0 N–H and O–H groups in total. The number of allylic oxidation sites excluding steroid dienone is 1. The topological polar surface area (TPSA) is 60.7 Å². The molecule has 1 aliphatic heterocycles. The van der Waals surface area contributed by atoms with E-state index in [9.17, 15) is 9.59 Å². The van der Waals surface area contributed by atoms with Gasteiger partial charge in [0.25, 0.3) is 5.56 Å². The predicted molar refractivity (Wildman–Crippen MR) is 121 cm³/mol. The summed E-state index contributed by atoms with van der Waals surface area (Å²) < 4.78 is 7.24. The van der Waals surface area contributed by atoms with E-state index in [1.54, 1.807) is 42.7 Å². The average Bonchev–Trinajstić information content (AvgIpc) is 3.33. The minimum absolute atomic E-state index is 0.238. The average molecular weight is 479 g/mol. The highest BCUT2D eigenvalue weighted by Gasteiger charge is 2.33. The van der Waals surface area contributed by atoms with Gasteiger partial charge in [-0.1, -0.05) is 46.7 Å². The molecule has 154 valence electrons. The zero-order valence-electron chi connectivity index (χ0n) is 16.0. The van der Waals surface area contributed by atoms with E-state index in [1.807, 2.05) is 17.5 Å². The first-order chi connectivity index (χ1) is 14.4. The second-order valence-electron chi connectivity index (χ2n) is 6.45. The van der Waals surface area contributed by atoms with Crippen LogP contribution in [-0.4, -0.2) is 17.1 Å². The molecule has 0 aliphatic carbocycles. The number of hydrogen-bond donors (Lipinski definition) is 0. The van der Waals surface area contributed by atoms with E-state index in [0.717, 1.165) is 4.88 Å². The van der Waals surface area contributed by atoms with Crippen LogP contribution in [0, 0.1) is 0 Å². The molecule has 0 fully saturated rings. The first-order valence-corrected chi connectivity index (χ1v) is 11.5. The van der Waals surface area contributed by atoms with Crippen molar-refractivity contribution in [3.05, 3.63) is 87.2 Å². The lowest BCUT2D eigenvalue weighted by Gasteiger charge is -2.23. The van der Waals surface area contributed by atoms with Crippen molar-refractivity contribution in [2.45, 2.75) is 19.9 Å². The summed E-state index contributed by atoms with van der Waals surface area (Å²) in [5.41, 5.74) is 1.21. The molecule has 0 amide bonds. The molecule has 4 rings (SSSR count). The van der Waals surface area contributed by atoms with Gasteiger partial charge in [0.15, 0.2) is 4.80 Å². The second kappa shape index (κ2) is 8.51. The Kier molecular flexibility index (Phi) is 5.97. The minimum Gasteiger partial charge on any atom is -0.463 e. The van der Waals surface area contributed by atoms with Crippen LogP contribution in [0.3, 0.4) is 0 Å². The third kappa shape index (κ3) is 3.67. The SMILES string of the molecule is CCOC(=O)C1=C(C)N=c2s/c(=C/c3c(Cl)cccc3Cl)c(=O)n2C1c1cccs1. The molecule has 9 heteroatoms. The first kappa shape index (κ1) is 21.1. The monoisotopic (exact) mass is 478 g/mol. The van der Waals surface area contributed by atoms with Crippen molar-refractivity contribution >= 4 is 57.9 Å². The van der Waals surface area contributed by atoms with Crippen molar-refractivity contribution in [3.63, 3.8) is 0 Å². The fourth-order valence-corrected chi connectivity index (χ4v) is 5.65. The Labute approximate surface area is 190 Å². The number of ether oxygens (including phenoxy) is 1. The van der Waals surface area contributed by atoms with Gasteiger partial charge in [-0.25, -0.2) is 9.79 Å². The summed E-state index contributed by atoms with van der Waals surface area (Å²) in [5.74, 6) is -0.472. The lowest BCUT2D eigenvalue weighted by molar-refractivity contribution is -0.139. The van der Waals surface area contributed by atoms with Crippen LogP contribution in [0.15, 0.2) is 56.8 Å². The molecule has 0 radical (unpaired) electrons. The van der Waals surface area contributed by atoms with Gasteiger partial charge in [-0.3, -0.25) is 9.36 Å². The highest BCUT2D eigenvalue weighted by atomic mass is 35.5. The molecular weight excluding hydrogens is 463 g/mol. The van der Waals surface area contributed by atoms with Crippen molar-refractivity contribution in [1.82, 2.24) is 4.57 Å². The maximum Gasteiger partial charge on any atom is 0.338 e. The molecule has 5 nitrogen and oxygen atoms in total. The zero-order valence-corrected chi connectivity index (χ0v) is 19.2. The molecule has 3 aromatic rings. The van der Waals surface area contributed by atoms with E-state index in [-0.39, 0.29) is 12.2 Å². The van der Waals surface area contributed by atoms with Crippen LogP contribution in [0.25, 0.3) is 6.08 Å². The van der Waals surface area contributed by atoms with E-state index in [1.165, 1.54) is 22.7 Å². The number of carbonyl (C=O) groups is 1. The van der Waals surface area contributed by atoms with E-state index in [4.69, 9.17) is 27.9 Å². The van der Waals surface area contributed by atoms with Gasteiger partial charge in [0.1, 0.15) is 6.04 Å². The number of halogens is 2. The quantitative estimate of drug-likeness (QED) is 0.528. The Morgan fingerprint density at radius 2 is 2.00 bits per heavy atom. The second-order valence-corrected chi connectivity index (χ2v) is 9.26. The minimum atomic E-state index is -0.593. The van der Waals surface area contributed by atoms with Crippen LogP contribution in [0.4, 0.5) is 0 Å². The summed E-state index contributed by atoms with van der Waals surface area (Å²) in [7, 11) is 0. The van der Waals surface area contributed by atoms with E-state index in [0.29, 0.717) is 36.2 Å². The van der Waals surface area contributed by atoms with Gasteiger partial charge in [-0.15, -0.1) is 11.3 Å². The summed E-state index contributed by atoms with van der Waals surface area (Å²) in [5, 5.41) is 2.81. The number of rotatable bonds is 4. The number of esters is 1. The molecule has 1 aliphatic rings. The highest BCUT2D eigenvalue weighted by Crippen LogP contribution is 2.33. The highest BCUT2D eigenvalue weighted by molar-refractivity contribution is 7.10. The van der Waals surface area contributed by atoms with Crippen LogP contribution in [0.2, 0.25) is 10.0 Å². The molecule has 1 aromatic carbocycles. The Balaban J connectivity index is 1.98. The molecule has 1 unspecified atom stereocenters. The number of fused-ring (bicyclic) bond motifs is 1. The Hall–Kier alpha value is -2.19. The molecule has 0 saturated heterocycles. The standard InChI is InChI=1S/C21H16Cl2N2O3S2/c1-3-28-20(27)17-11(2)24-21-25(18(17)15-8-5-9-29-15)19(26)16(30-21)10-12-13(22)6-4-7-14(12)23/h4-10,18H,3H2,1-2H3/b16-10+. The van der Waals surface area contributed by atoms with Crippen LogP contribution < -0.4 is 14.9 Å². The molecule has 0 bridgehead atoms. The van der Waals surface area contributed by atoms with Gasteiger partial charge >= 0.3 is 5.97 Å². The molecule has 0 saturated carbocycles. The van der Waals surface area contributed by atoms with Gasteiger partial charge in [0.05, 0.1) is 22.4 Å². The van der Waals surface area contributed by atoms with E-state index in [2.05, 4.69) is 4.99 Å². The molecule has 2 aromatic heterocycles. The summed E-state index contributed by atoms with van der Waals surface area (Å²) in [6.45, 7) is 3.74. The van der Waals surface area contributed by atoms with Gasteiger partial charge in [-0.2, -0.15) is 0 Å². The largest absolute Gasteiger partial charge is 0.463 e. The van der Waals surface area contributed by atoms with Crippen LogP contribution in [-0.2, 0) is 9.53 Å². The smallest absolute Gasteiger partial charge is 0.338 e. The summed E-state index contributed by atoms with van der Waals surface area (Å²) in [4.78, 5) is 32.0. The fraction of sp³-hybridized carbons (Fsp3) is 0.190. The maximum atomic E-state index is 13.4. The predicted octanol–water partition coefficient (Wildman–Crippen LogP) is 4.17. The van der Waals surface area contributed by atoms with Gasteiger partial charge in [0, 0.05) is 20.5 Å². The lowest BCUT2D eigenvalue weighted by Crippen LogP contribution is -2.39. The maximum absolute atomic E-state index is 13.4. The molecule has 30 heavy (non-hydrogen) atoms. The van der Waals surface area contributed by atoms with Crippen molar-refractivity contribution in [2.75, 3.05) is 6.61 Å². The zero-order chi connectivity index (χ0) is 21.4. The third-order valence-electron chi connectivity index (χ3n) is 4.60. The van der Waals surface area contributed by atoms with E-state index >= 15 is 0 Å². The van der Waals surface area contributed by atoms with Gasteiger partial charge in [0.2, 0.25) is 0 Å². The van der Waals surface area contributed by atoms with Crippen molar-refractivity contribution in [1.29, 1.82) is 0 Å². The number of thiazole rings is 1. The normalized spacial score (nSPS) is 16.4. The third-order valence-corrected chi connectivity index (χ3v) is 7.17. The van der Waals surface area contributed by atoms with Crippen LogP contribution in [0.5, 0.6) is 0 Å². The Morgan fingerprint density at radius 1 is 1.27 bits per heavy atom. The number of nitrogens with zero attached hydrogens (tertiary/aromatic N) is 2. The van der Waals surface area contributed by atoms with Gasteiger partial charge in [-0.05, 0) is 43.5 Å². The lowest BCUT2D eigenvalue weighted by atomic mass is 10.0. The Morgan fingerprint density at radius 3 is 2.63 bits per heavy atom. The van der Waals surface area contributed by atoms with Crippen molar-refractivity contribution < 1.29 is 9.53 Å². The summed E-state index contributed by atoms with van der Waals surface area (Å²) in [6, 6.07) is 8.37. The van der Waals surface area contributed by atoms with Crippen molar-refractivity contribution in [2.24, 2.45) is 4.99 Å². The van der Waals surface area contributed by atoms with Crippen LogP contribution in [0.1, 0.15) is 30.3 Å². The van der Waals surface area contributed by atoms with Crippen molar-refractivity contribution in [3.8, 4) is 0 Å². The van der Waals surface area contributed by atoms with Gasteiger partial charge < -0.3 is 4.74 Å². The molecule has 1 atom stereocenters. The molecule has 0 spiro atoms.